The molecule has 0 aliphatic rings. The molecule has 0 spiro atoms. The van der Waals surface area contributed by atoms with E-state index in [1.165, 1.54) is 0 Å². The van der Waals surface area contributed by atoms with Gasteiger partial charge in [-0.3, -0.25) is 0 Å². The number of hydrogen-bond donors (Lipinski definition) is 1. The van der Waals surface area contributed by atoms with Crippen LogP contribution in [0.5, 0.6) is 0 Å². The van der Waals surface area contributed by atoms with Gasteiger partial charge in [-0.05, 0) is 31.2 Å². The summed E-state index contributed by atoms with van der Waals surface area (Å²) in [7, 11) is -3.46. The van der Waals surface area contributed by atoms with Gasteiger partial charge in [-0.1, -0.05) is 18.2 Å². The Bertz CT molecular complexity index is 587. The number of rotatable bonds is 4. The summed E-state index contributed by atoms with van der Waals surface area (Å²) >= 11 is 0. The highest BCUT2D eigenvalue weighted by molar-refractivity contribution is 7.89. The summed E-state index contributed by atoms with van der Waals surface area (Å²) in [5.41, 5.74) is 0. The maximum atomic E-state index is 11.9. The second-order valence-electron chi connectivity index (χ2n) is 3.65. The van der Waals surface area contributed by atoms with Gasteiger partial charge in [-0.15, -0.1) is 0 Å². The lowest BCUT2D eigenvalue weighted by Crippen LogP contribution is -2.22. The van der Waals surface area contributed by atoms with E-state index in [2.05, 4.69) is 4.72 Å². The van der Waals surface area contributed by atoms with Gasteiger partial charge in [0.15, 0.2) is 0 Å². The number of hydrogen-bond acceptors (Lipinski definition) is 3. The predicted octanol–water partition coefficient (Wildman–Crippen LogP) is 2.07. The lowest BCUT2D eigenvalue weighted by molar-refractivity contribution is 0.475. The minimum Gasteiger partial charge on any atom is -0.465 e. The number of benzene rings is 1. The van der Waals surface area contributed by atoms with Crippen molar-refractivity contribution in [2.45, 2.75) is 18.4 Å². The first-order valence-corrected chi connectivity index (χ1v) is 6.66. The minimum atomic E-state index is -3.46. The SMILES string of the molecule is Cc1ccc(CNS(=O)(=O)c2ccccc2)o1. The molecule has 0 aliphatic heterocycles. The summed E-state index contributed by atoms with van der Waals surface area (Å²) in [6.45, 7) is 1.97. The van der Waals surface area contributed by atoms with Gasteiger partial charge in [0.2, 0.25) is 10.0 Å². The van der Waals surface area contributed by atoms with Gasteiger partial charge < -0.3 is 4.42 Å². The van der Waals surface area contributed by atoms with Gasteiger partial charge in [-0.25, -0.2) is 13.1 Å². The van der Waals surface area contributed by atoms with E-state index in [4.69, 9.17) is 4.42 Å². The second-order valence-corrected chi connectivity index (χ2v) is 5.42. The molecule has 1 aromatic carbocycles. The van der Waals surface area contributed by atoms with Gasteiger partial charge >= 0.3 is 0 Å². The third-order valence-corrected chi connectivity index (χ3v) is 3.70. The van der Waals surface area contributed by atoms with E-state index >= 15 is 0 Å². The Balaban J connectivity index is 2.09. The maximum absolute atomic E-state index is 11.9. The van der Waals surface area contributed by atoms with Gasteiger partial charge in [-0.2, -0.15) is 0 Å². The lowest BCUT2D eigenvalue weighted by atomic mass is 10.4. The summed E-state index contributed by atoms with van der Waals surface area (Å²) in [5, 5.41) is 0. The van der Waals surface area contributed by atoms with Crippen LogP contribution < -0.4 is 4.72 Å². The van der Waals surface area contributed by atoms with Crippen molar-refractivity contribution in [3.8, 4) is 0 Å². The molecule has 0 unspecified atom stereocenters. The van der Waals surface area contributed by atoms with Gasteiger partial charge in [0, 0.05) is 0 Å². The Labute approximate surface area is 100 Å². The zero-order valence-corrected chi connectivity index (χ0v) is 10.2. The van der Waals surface area contributed by atoms with Crippen molar-refractivity contribution < 1.29 is 12.8 Å². The van der Waals surface area contributed by atoms with Crippen LogP contribution in [0.3, 0.4) is 0 Å². The molecule has 2 rings (SSSR count). The molecule has 0 saturated carbocycles. The Morgan fingerprint density at radius 2 is 1.82 bits per heavy atom. The smallest absolute Gasteiger partial charge is 0.240 e. The van der Waals surface area contributed by atoms with Crippen LogP contribution in [0.25, 0.3) is 0 Å². The summed E-state index contributed by atoms with van der Waals surface area (Å²) in [5.74, 6) is 1.36. The molecule has 0 saturated heterocycles. The number of nitrogens with one attached hydrogen (secondary N) is 1. The molecule has 0 aliphatic carbocycles. The number of sulfonamides is 1. The van der Waals surface area contributed by atoms with Crippen LogP contribution >= 0.6 is 0 Å². The molecule has 0 amide bonds. The van der Waals surface area contributed by atoms with E-state index in [1.54, 1.807) is 42.5 Å². The van der Waals surface area contributed by atoms with E-state index in [9.17, 15) is 8.42 Å². The fourth-order valence-electron chi connectivity index (χ4n) is 1.43. The summed E-state index contributed by atoms with van der Waals surface area (Å²) in [6, 6.07) is 11.8. The molecule has 0 fully saturated rings. The van der Waals surface area contributed by atoms with Crippen molar-refractivity contribution in [3.63, 3.8) is 0 Å². The topological polar surface area (TPSA) is 59.3 Å². The van der Waals surface area contributed by atoms with Gasteiger partial charge in [0.25, 0.3) is 0 Å². The monoisotopic (exact) mass is 251 g/mol. The Morgan fingerprint density at radius 1 is 1.12 bits per heavy atom. The molecule has 2 aromatic rings. The highest BCUT2D eigenvalue weighted by Gasteiger charge is 2.13. The zero-order valence-electron chi connectivity index (χ0n) is 9.38. The molecule has 0 bridgehead atoms. The summed E-state index contributed by atoms with van der Waals surface area (Å²) in [6.07, 6.45) is 0. The van der Waals surface area contributed by atoms with Crippen molar-refractivity contribution in [2.24, 2.45) is 0 Å². The third-order valence-electron chi connectivity index (χ3n) is 2.29. The van der Waals surface area contributed by atoms with Crippen molar-refractivity contribution in [1.82, 2.24) is 4.72 Å². The summed E-state index contributed by atoms with van der Waals surface area (Å²) in [4.78, 5) is 0.253. The highest BCUT2D eigenvalue weighted by atomic mass is 32.2. The fraction of sp³-hybridized carbons (Fsp3) is 0.167. The van der Waals surface area contributed by atoms with E-state index < -0.39 is 10.0 Å². The molecule has 0 atom stereocenters. The Kier molecular flexibility index (Phi) is 3.31. The fourth-order valence-corrected chi connectivity index (χ4v) is 2.44. The standard InChI is InChI=1S/C12H13NO3S/c1-10-7-8-11(16-10)9-13-17(14,15)12-5-3-2-4-6-12/h2-8,13H,9H2,1H3. The van der Waals surface area contributed by atoms with Crippen LogP contribution in [0.4, 0.5) is 0 Å². The number of aryl methyl sites for hydroxylation is 1. The first kappa shape index (κ1) is 11.9. The molecular weight excluding hydrogens is 238 g/mol. The first-order chi connectivity index (χ1) is 8.08. The largest absolute Gasteiger partial charge is 0.465 e. The maximum Gasteiger partial charge on any atom is 0.240 e. The highest BCUT2D eigenvalue weighted by Crippen LogP contribution is 2.10. The quantitative estimate of drug-likeness (QED) is 0.905. The third kappa shape index (κ3) is 2.95. The summed E-state index contributed by atoms with van der Waals surface area (Å²) < 4.78 is 31.5. The Morgan fingerprint density at radius 3 is 2.41 bits per heavy atom. The number of furan rings is 1. The van der Waals surface area contributed by atoms with Gasteiger partial charge in [0.1, 0.15) is 11.5 Å². The van der Waals surface area contributed by atoms with E-state index in [1.807, 2.05) is 6.92 Å². The minimum absolute atomic E-state index is 0.158. The van der Waals surface area contributed by atoms with E-state index in [0.29, 0.717) is 5.76 Å². The molecule has 1 aromatic heterocycles. The average molecular weight is 251 g/mol. The van der Waals surface area contributed by atoms with Crippen LogP contribution in [0.1, 0.15) is 11.5 Å². The van der Waals surface area contributed by atoms with Crippen LogP contribution in [0.15, 0.2) is 51.8 Å². The molecule has 1 N–H and O–H groups in total. The second kappa shape index (κ2) is 4.73. The normalized spacial score (nSPS) is 11.6. The molecule has 17 heavy (non-hydrogen) atoms. The lowest BCUT2D eigenvalue weighted by Gasteiger charge is -2.04. The van der Waals surface area contributed by atoms with E-state index in [0.717, 1.165) is 5.76 Å². The zero-order chi connectivity index (χ0) is 12.3. The predicted molar refractivity (Wildman–Crippen MR) is 63.9 cm³/mol. The van der Waals surface area contributed by atoms with Crippen molar-refractivity contribution >= 4 is 10.0 Å². The molecule has 4 nitrogen and oxygen atoms in total. The van der Waals surface area contributed by atoms with E-state index in [-0.39, 0.29) is 11.4 Å². The van der Waals surface area contributed by atoms with Crippen LogP contribution in [0, 0.1) is 6.92 Å². The van der Waals surface area contributed by atoms with Gasteiger partial charge in [0.05, 0.1) is 11.4 Å². The Hall–Kier alpha value is -1.59. The molecule has 0 radical (unpaired) electrons. The van der Waals surface area contributed by atoms with Crippen molar-refractivity contribution in [3.05, 3.63) is 54.0 Å². The van der Waals surface area contributed by atoms with Crippen molar-refractivity contribution in [1.29, 1.82) is 0 Å². The molecule has 90 valence electrons. The average Bonchev–Trinajstić information content (AvgIpc) is 2.74. The molecule has 5 heteroatoms. The molecular formula is C12H13NO3S. The van der Waals surface area contributed by atoms with Crippen molar-refractivity contribution in [2.75, 3.05) is 0 Å². The van der Waals surface area contributed by atoms with Crippen LogP contribution in [0.2, 0.25) is 0 Å². The first-order valence-electron chi connectivity index (χ1n) is 5.18. The van der Waals surface area contributed by atoms with Crippen LogP contribution in [-0.2, 0) is 16.6 Å². The van der Waals surface area contributed by atoms with Crippen LogP contribution in [-0.4, -0.2) is 8.42 Å². The molecule has 1 heterocycles.